The van der Waals surface area contributed by atoms with Gasteiger partial charge >= 0.3 is 5.97 Å². The van der Waals surface area contributed by atoms with Gasteiger partial charge in [0.05, 0.1) is 13.7 Å². The number of thiophene rings is 1. The lowest BCUT2D eigenvalue weighted by Crippen LogP contribution is -2.32. The molecule has 0 saturated heterocycles. The lowest BCUT2D eigenvalue weighted by Gasteiger charge is -2.09. The number of carbonyl (C=O) groups is 3. The van der Waals surface area contributed by atoms with Crippen molar-refractivity contribution < 1.29 is 23.5 Å². The van der Waals surface area contributed by atoms with Crippen molar-refractivity contribution in [1.29, 1.82) is 0 Å². The van der Waals surface area contributed by atoms with E-state index in [-0.39, 0.29) is 23.0 Å². The second kappa shape index (κ2) is 9.11. The maximum atomic E-state index is 13.2. The van der Waals surface area contributed by atoms with E-state index in [0.717, 1.165) is 11.3 Å². The number of nitrogens with one attached hydrogen (secondary N) is 2. The molecule has 0 bridgehead atoms. The van der Waals surface area contributed by atoms with E-state index < -0.39 is 17.7 Å². The molecule has 0 saturated carbocycles. The molecule has 1 aromatic heterocycles. The molecule has 2 aromatic carbocycles. The van der Waals surface area contributed by atoms with E-state index in [1.165, 1.54) is 31.4 Å². The second-order valence-electron chi connectivity index (χ2n) is 5.95. The third-order valence-electron chi connectivity index (χ3n) is 4.03. The summed E-state index contributed by atoms with van der Waals surface area (Å²) in [7, 11) is 1.24. The summed E-state index contributed by atoms with van der Waals surface area (Å²) in [4.78, 5) is 36.6. The Kier molecular flexibility index (Phi) is 6.36. The molecule has 8 heteroatoms. The van der Waals surface area contributed by atoms with Crippen molar-refractivity contribution in [3.63, 3.8) is 0 Å². The highest BCUT2D eigenvalue weighted by molar-refractivity contribution is 7.15. The van der Waals surface area contributed by atoms with Gasteiger partial charge in [0.25, 0.3) is 5.91 Å². The third-order valence-corrected chi connectivity index (χ3v) is 4.93. The van der Waals surface area contributed by atoms with E-state index >= 15 is 0 Å². The van der Waals surface area contributed by atoms with Crippen LogP contribution in [0.3, 0.4) is 0 Å². The van der Waals surface area contributed by atoms with E-state index in [4.69, 9.17) is 4.74 Å². The van der Waals surface area contributed by atoms with Gasteiger partial charge in [0.15, 0.2) is 0 Å². The van der Waals surface area contributed by atoms with E-state index in [2.05, 4.69) is 10.6 Å². The molecular formula is C21H17FN2O4S. The van der Waals surface area contributed by atoms with Crippen LogP contribution in [0.4, 0.5) is 9.39 Å². The fourth-order valence-corrected chi connectivity index (χ4v) is 3.59. The third kappa shape index (κ3) is 4.85. The number of anilines is 1. The molecule has 3 rings (SSSR count). The van der Waals surface area contributed by atoms with Crippen molar-refractivity contribution in [3.8, 4) is 11.1 Å². The summed E-state index contributed by atoms with van der Waals surface area (Å²) >= 11 is 1.14. The zero-order valence-electron chi connectivity index (χ0n) is 15.4. The minimum Gasteiger partial charge on any atom is -0.465 e. The minimum atomic E-state index is -0.630. The molecule has 0 fully saturated rings. The first-order valence-electron chi connectivity index (χ1n) is 8.58. The van der Waals surface area contributed by atoms with Crippen LogP contribution in [0.5, 0.6) is 0 Å². The number of methoxy groups -OCH3 is 1. The monoisotopic (exact) mass is 412 g/mol. The first-order valence-corrected chi connectivity index (χ1v) is 9.46. The van der Waals surface area contributed by atoms with Gasteiger partial charge in [-0.15, -0.1) is 11.3 Å². The van der Waals surface area contributed by atoms with Crippen molar-refractivity contribution in [2.45, 2.75) is 0 Å². The van der Waals surface area contributed by atoms with Crippen LogP contribution in [0, 0.1) is 5.82 Å². The zero-order valence-corrected chi connectivity index (χ0v) is 16.2. The van der Waals surface area contributed by atoms with Crippen molar-refractivity contribution in [1.82, 2.24) is 5.32 Å². The van der Waals surface area contributed by atoms with E-state index in [1.807, 2.05) is 0 Å². The minimum absolute atomic E-state index is 0.173. The van der Waals surface area contributed by atoms with Crippen LogP contribution in [0.2, 0.25) is 0 Å². The molecular weight excluding hydrogens is 395 g/mol. The highest BCUT2D eigenvalue weighted by atomic mass is 32.1. The average molecular weight is 412 g/mol. The number of halogens is 1. The number of esters is 1. The van der Waals surface area contributed by atoms with Crippen molar-refractivity contribution in [2.24, 2.45) is 0 Å². The lowest BCUT2D eigenvalue weighted by atomic mass is 10.0. The number of ether oxygens (including phenoxy) is 1. The van der Waals surface area contributed by atoms with Crippen LogP contribution in [0.1, 0.15) is 20.7 Å². The fourth-order valence-electron chi connectivity index (χ4n) is 2.62. The Balaban J connectivity index is 1.74. The van der Waals surface area contributed by atoms with E-state index in [9.17, 15) is 18.8 Å². The lowest BCUT2D eigenvalue weighted by molar-refractivity contribution is -0.115. The number of benzene rings is 2. The van der Waals surface area contributed by atoms with Crippen LogP contribution in [-0.4, -0.2) is 31.4 Å². The molecule has 0 unspecified atom stereocenters. The first-order chi connectivity index (χ1) is 14.0. The smallest absolute Gasteiger partial charge is 0.341 e. The molecule has 1 heterocycles. The molecule has 0 radical (unpaired) electrons. The van der Waals surface area contributed by atoms with Gasteiger partial charge < -0.3 is 15.4 Å². The highest BCUT2D eigenvalue weighted by Crippen LogP contribution is 2.36. The molecule has 2 N–H and O–H groups in total. The van der Waals surface area contributed by atoms with Gasteiger partial charge in [-0.1, -0.05) is 30.3 Å². The number of hydrogen-bond acceptors (Lipinski definition) is 5. The van der Waals surface area contributed by atoms with Gasteiger partial charge in [-0.05, 0) is 29.8 Å². The molecule has 0 spiro atoms. The van der Waals surface area contributed by atoms with Crippen LogP contribution >= 0.6 is 11.3 Å². The van der Waals surface area contributed by atoms with Crippen molar-refractivity contribution in [2.75, 3.05) is 19.0 Å². The second-order valence-corrected chi connectivity index (χ2v) is 6.83. The summed E-state index contributed by atoms with van der Waals surface area (Å²) in [5, 5.41) is 7.11. The Morgan fingerprint density at radius 1 is 1.03 bits per heavy atom. The zero-order chi connectivity index (χ0) is 20.8. The predicted molar refractivity (Wildman–Crippen MR) is 108 cm³/mol. The van der Waals surface area contributed by atoms with E-state index in [1.54, 1.807) is 35.7 Å². The van der Waals surface area contributed by atoms with Gasteiger partial charge in [0, 0.05) is 16.5 Å². The van der Waals surface area contributed by atoms with Crippen LogP contribution in [0.15, 0.2) is 60.0 Å². The Hall–Kier alpha value is -3.52. The molecule has 3 aromatic rings. The number of carbonyl (C=O) groups excluding carboxylic acids is 3. The number of hydrogen-bond donors (Lipinski definition) is 2. The topological polar surface area (TPSA) is 84.5 Å². The molecule has 0 aliphatic heterocycles. The molecule has 0 aliphatic carbocycles. The highest BCUT2D eigenvalue weighted by Gasteiger charge is 2.22. The summed E-state index contributed by atoms with van der Waals surface area (Å²) in [6.45, 7) is -0.266. The average Bonchev–Trinajstić information content (AvgIpc) is 3.16. The normalized spacial score (nSPS) is 10.3. The van der Waals surface area contributed by atoms with E-state index in [0.29, 0.717) is 16.7 Å². The van der Waals surface area contributed by atoms with Crippen LogP contribution in [0.25, 0.3) is 11.1 Å². The van der Waals surface area contributed by atoms with Gasteiger partial charge in [-0.2, -0.15) is 0 Å². The molecule has 29 heavy (non-hydrogen) atoms. The Bertz CT molecular complexity index is 1030. The predicted octanol–water partition coefficient (Wildman–Crippen LogP) is 3.71. The molecule has 2 amide bonds. The van der Waals surface area contributed by atoms with Crippen molar-refractivity contribution in [3.05, 3.63) is 76.9 Å². The Morgan fingerprint density at radius 3 is 2.38 bits per heavy atom. The fraction of sp³-hybridized carbons (Fsp3) is 0.0952. The Labute approximate surface area is 170 Å². The Morgan fingerprint density at radius 2 is 1.72 bits per heavy atom. The summed E-state index contributed by atoms with van der Waals surface area (Å²) < 4.78 is 18.0. The first kappa shape index (κ1) is 20.2. The number of rotatable bonds is 6. The van der Waals surface area contributed by atoms with Gasteiger partial charge in [0.2, 0.25) is 5.91 Å². The summed E-state index contributed by atoms with van der Waals surface area (Å²) in [5.41, 5.74) is 1.74. The van der Waals surface area contributed by atoms with Crippen molar-refractivity contribution >= 4 is 34.1 Å². The number of amides is 2. The maximum absolute atomic E-state index is 13.2. The van der Waals surface area contributed by atoms with Crippen LogP contribution in [-0.2, 0) is 9.53 Å². The summed E-state index contributed by atoms with van der Waals surface area (Å²) in [6, 6.07) is 14.1. The SMILES string of the molecule is COC(=O)c1c(-c2ccc(F)cc2)csc1NC(=O)CNC(=O)c1ccccc1. The van der Waals surface area contributed by atoms with Crippen LogP contribution < -0.4 is 10.6 Å². The molecule has 6 nitrogen and oxygen atoms in total. The summed E-state index contributed by atoms with van der Waals surface area (Å²) in [5.74, 6) is -1.90. The standard InChI is InChI=1S/C21H17FN2O4S/c1-28-21(27)18-16(13-7-9-15(22)10-8-13)12-29-20(18)24-17(25)11-23-19(26)14-5-3-2-4-6-14/h2-10,12H,11H2,1H3,(H,23,26)(H,24,25). The molecule has 0 atom stereocenters. The summed E-state index contributed by atoms with van der Waals surface area (Å²) in [6.07, 6.45) is 0. The maximum Gasteiger partial charge on any atom is 0.341 e. The quantitative estimate of drug-likeness (QED) is 0.605. The molecule has 0 aliphatic rings. The van der Waals surface area contributed by atoms with Gasteiger partial charge in [-0.25, -0.2) is 9.18 Å². The van der Waals surface area contributed by atoms with Gasteiger partial charge in [-0.3, -0.25) is 9.59 Å². The molecule has 148 valence electrons. The largest absolute Gasteiger partial charge is 0.465 e. The van der Waals surface area contributed by atoms with Gasteiger partial charge in [0.1, 0.15) is 16.4 Å².